The zero-order chi connectivity index (χ0) is 24.2. The van der Waals surface area contributed by atoms with Gasteiger partial charge < -0.3 is 25.2 Å². The van der Waals surface area contributed by atoms with Crippen molar-refractivity contribution < 1.29 is 4.74 Å². The highest BCUT2D eigenvalue weighted by Gasteiger charge is 2.23. The van der Waals surface area contributed by atoms with Crippen molar-refractivity contribution in [3.63, 3.8) is 0 Å². The first-order valence-corrected chi connectivity index (χ1v) is 11.8. The Hall–Kier alpha value is -2.21. The van der Waals surface area contributed by atoms with Gasteiger partial charge in [0.25, 0.3) is 0 Å². The van der Waals surface area contributed by atoms with Gasteiger partial charge in [-0.15, -0.1) is 0 Å². The largest absolute Gasteiger partial charge is 0.467 e. The molecule has 0 radical (unpaired) electrons. The minimum absolute atomic E-state index is 0.473. The van der Waals surface area contributed by atoms with Crippen LogP contribution in [0.3, 0.4) is 0 Å². The van der Waals surface area contributed by atoms with Crippen molar-refractivity contribution in [3.8, 4) is 12.1 Å². The fourth-order valence-corrected chi connectivity index (χ4v) is 3.23. The van der Waals surface area contributed by atoms with Crippen LogP contribution in [-0.4, -0.2) is 68.3 Å². The number of fused-ring (bicyclic) bond motifs is 1. The van der Waals surface area contributed by atoms with E-state index in [-0.39, 0.29) is 0 Å². The van der Waals surface area contributed by atoms with Crippen LogP contribution in [0, 0.1) is 11.3 Å². The van der Waals surface area contributed by atoms with Crippen LogP contribution in [0.2, 0.25) is 0 Å². The molecule has 0 unspecified atom stereocenters. The Balaban J connectivity index is 0.000000529. The predicted octanol–water partition coefficient (Wildman–Crippen LogP) is 3.35. The van der Waals surface area contributed by atoms with Crippen LogP contribution in [-0.2, 0) is 13.1 Å². The van der Waals surface area contributed by atoms with Crippen molar-refractivity contribution in [1.29, 1.82) is 5.26 Å². The van der Waals surface area contributed by atoms with E-state index in [9.17, 15) is 0 Å². The molecule has 0 saturated carbocycles. The molecule has 3 aliphatic heterocycles. The summed E-state index contributed by atoms with van der Waals surface area (Å²) in [6.45, 7) is 17.7. The summed E-state index contributed by atoms with van der Waals surface area (Å²) in [4.78, 5) is 13.6. The van der Waals surface area contributed by atoms with E-state index in [4.69, 9.17) is 10.00 Å². The summed E-state index contributed by atoms with van der Waals surface area (Å²) < 4.78 is 5.18. The molecule has 3 aliphatic rings. The van der Waals surface area contributed by atoms with Gasteiger partial charge in [0.05, 0.1) is 18.9 Å². The summed E-state index contributed by atoms with van der Waals surface area (Å²) in [7, 11) is 3.79. The molecule has 182 valence electrons. The van der Waals surface area contributed by atoms with Crippen LogP contribution < -0.4 is 20.3 Å². The number of aromatic nitrogens is 2. The number of likely N-dealkylation sites (tertiary alicyclic amines) is 1. The minimum Gasteiger partial charge on any atom is -0.467 e. The van der Waals surface area contributed by atoms with Gasteiger partial charge in [0.1, 0.15) is 5.82 Å². The van der Waals surface area contributed by atoms with Crippen molar-refractivity contribution in [2.75, 3.05) is 58.3 Å². The lowest BCUT2D eigenvalue weighted by molar-refractivity contribution is 0.377. The predicted molar refractivity (Wildman–Crippen MR) is 134 cm³/mol. The van der Waals surface area contributed by atoms with Crippen molar-refractivity contribution >= 4 is 5.82 Å². The van der Waals surface area contributed by atoms with Gasteiger partial charge >= 0.3 is 6.01 Å². The van der Waals surface area contributed by atoms with E-state index in [1.54, 1.807) is 13.2 Å². The summed E-state index contributed by atoms with van der Waals surface area (Å²) in [6, 6.07) is 2.22. The number of allylic oxidation sites excluding steroid dienone is 2. The van der Waals surface area contributed by atoms with E-state index < -0.39 is 0 Å². The van der Waals surface area contributed by atoms with Gasteiger partial charge in [-0.05, 0) is 46.8 Å². The maximum Gasteiger partial charge on any atom is 0.318 e. The number of piperazine rings is 1. The zero-order valence-corrected chi connectivity index (χ0v) is 21.4. The number of hydrogen-bond donors (Lipinski definition) is 2. The van der Waals surface area contributed by atoms with Crippen molar-refractivity contribution in [2.45, 2.75) is 60.5 Å². The third-order valence-electron chi connectivity index (χ3n) is 4.91. The normalized spacial score (nSPS) is 16.6. The first-order chi connectivity index (χ1) is 15.6. The van der Waals surface area contributed by atoms with Gasteiger partial charge in [0, 0.05) is 51.8 Å². The Kier molecular flexibility index (Phi) is 18.1. The lowest BCUT2D eigenvalue weighted by Gasteiger charge is -2.29. The average Bonchev–Trinajstić information content (AvgIpc) is 3.52. The van der Waals surface area contributed by atoms with Gasteiger partial charge in [-0.2, -0.15) is 15.2 Å². The number of methoxy groups -OCH3 is 1. The smallest absolute Gasteiger partial charge is 0.318 e. The van der Waals surface area contributed by atoms with Gasteiger partial charge in [0.2, 0.25) is 0 Å². The molecule has 0 atom stereocenters. The second-order valence-electron chi connectivity index (χ2n) is 7.20. The van der Waals surface area contributed by atoms with E-state index in [2.05, 4.69) is 37.4 Å². The first kappa shape index (κ1) is 29.8. The molecule has 0 aromatic carbocycles. The van der Waals surface area contributed by atoms with Gasteiger partial charge in [0.15, 0.2) is 0 Å². The van der Waals surface area contributed by atoms with Crippen LogP contribution in [0.15, 0.2) is 12.2 Å². The van der Waals surface area contributed by atoms with Crippen LogP contribution in [0.1, 0.15) is 58.7 Å². The third-order valence-corrected chi connectivity index (χ3v) is 4.91. The SMILES string of the molecule is C/C=C\C.CC.CC#N.CN1CCCC1.COc1nc2c(c(N3CCNCC3)n1)CNC2. The second-order valence-corrected chi connectivity index (χ2v) is 7.20. The summed E-state index contributed by atoms with van der Waals surface area (Å²) in [5, 5.41) is 14.0. The zero-order valence-electron chi connectivity index (χ0n) is 21.4. The number of rotatable bonds is 2. The molecule has 1 aromatic rings. The standard InChI is InChI=1S/C11H17N5O.C5H11N.C4H8.C2H3N.C2H6/c1-17-11-14-9-7-13-6-8(9)10(15-11)16-4-2-12-3-5-16;1-6-4-2-3-5-6;1-3-4-2;1-2-3;1-2/h12-13H,2-7H2,1H3;2-5H2,1H3;3-4H,1-2H3;1H3;1-2H3/b;;4-3-;;. The van der Waals surface area contributed by atoms with E-state index in [1.807, 2.05) is 39.8 Å². The number of ether oxygens (including phenoxy) is 1. The van der Waals surface area contributed by atoms with E-state index in [1.165, 1.54) is 38.4 Å². The lowest BCUT2D eigenvalue weighted by Crippen LogP contribution is -2.44. The van der Waals surface area contributed by atoms with Crippen LogP contribution in [0.5, 0.6) is 6.01 Å². The maximum absolute atomic E-state index is 7.32. The van der Waals surface area contributed by atoms with Crippen molar-refractivity contribution in [2.24, 2.45) is 0 Å². The number of nitriles is 1. The summed E-state index contributed by atoms with van der Waals surface area (Å²) in [5.74, 6) is 1.04. The van der Waals surface area contributed by atoms with Crippen LogP contribution in [0.25, 0.3) is 0 Å². The van der Waals surface area contributed by atoms with Crippen LogP contribution in [0.4, 0.5) is 5.82 Å². The van der Waals surface area contributed by atoms with Crippen molar-refractivity contribution in [3.05, 3.63) is 23.4 Å². The minimum atomic E-state index is 0.473. The quantitative estimate of drug-likeness (QED) is 0.667. The molecule has 8 heteroatoms. The van der Waals surface area contributed by atoms with E-state index in [0.29, 0.717) is 6.01 Å². The molecule has 32 heavy (non-hydrogen) atoms. The molecule has 4 rings (SSSR count). The highest BCUT2D eigenvalue weighted by molar-refractivity contribution is 5.51. The molecule has 1 aromatic heterocycles. The third kappa shape index (κ3) is 11.4. The molecule has 0 amide bonds. The molecule has 8 nitrogen and oxygen atoms in total. The Bertz CT molecular complexity index is 657. The lowest BCUT2D eigenvalue weighted by atomic mass is 10.2. The molecule has 2 fully saturated rings. The Morgan fingerprint density at radius 2 is 1.53 bits per heavy atom. The summed E-state index contributed by atoms with van der Waals surface area (Å²) >= 11 is 0. The van der Waals surface area contributed by atoms with E-state index in [0.717, 1.165) is 50.8 Å². The molecule has 4 heterocycles. The average molecular weight is 448 g/mol. The van der Waals surface area contributed by atoms with Gasteiger partial charge in [-0.25, -0.2) is 0 Å². The highest BCUT2D eigenvalue weighted by atomic mass is 16.5. The Labute approximate surface area is 196 Å². The first-order valence-electron chi connectivity index (χ1n) is 11.8. The van der Waals surface area contributed by atoms with Crippen molar-refractivity contribution in [1.82, 2.24) is 25.5 Å². The summed E-state index contributed by atoms with van der Waals surface area (Å²) in [5.41, 5.74) is 2.30. The number of nitrogens with zero attached hydrogens (tertiary/aromatic N) is 5. The highest BCUT2D eigenvalue weighted by Crippen LogP contribution is 2.26. The van der Waals surface area contributed by atoms with E-state index >= 15 is 0 Å². The number of anilines is 1. The Morgan fingerprint density at radius 3 is 1.97 bits per heavy atom. The van der Waals surface area contributed by atoms with Crippen LogP contribution >= 0.6 is 0 Å². The number of hydrogen-bond acceptors (Lipinski definition) is 8. The number of nitrogens with one attached hydrogen (secondary N) is 2. The van der Waals surface area contributed by atoms with Gasteiger partial charge in [-0.1, -0.05) is 26.0 Å². The van der Waals surface area contributed by atoms with Gasteiger partial charge in [-0.3, -0.25) is 0 Å². The molecule has 0 aliphatic carbocycles. The Morgan fingerprint density at radius 1 is 0.969 bits per heavy atom. The monoisotopic (exact) mass is 447 g/mol. The fraction of sp³-hybridized carbons (Fsp3) is 0.708. The molecular formula is C24H45N7O. The fourth-order valence-electron chi connectivity index (χ4n) is 3.23. The summed E-state index contributed by atoms with van der Waals surface area (Å²) in [6.07, 6.45) is 6.83. The maximum atomic E-state index is 7.32. The molecule has 0 spiro atoms. The molecule has 2 N–H and O–H groups in total. The molecule has 2 saturated heterocycles. The topological polar surface area (TPSA) is 89.3 Å². The second kappa shape index (κ2) is 19.5. The molecule has 0 bridgehead atoms. The molecular weight excluding hydrogens is 402 g/mol.